The van der Waals surface area contributed by atoms with Gasteiger partial charge in [0.05, 0.1) is 16.4 Å². The van der Waals surface area contributed by atoms with E-state index in [1.165, 1.54) is 19.1 Å². The smallest absolute Gasteiger partial charge is 0.388 e. The van der Waals surface area contributed by atoms with E-state index in [1.807, 2.05) is 0 Å². The number of hydrogen-bond donors (Lipinski definition) is 2. The zero-order valence-corrected chi connectivity index (χ0v) is 12.6. The number of nitrogens with zero attached hydrogens (tertiary/aromatic N) is 2. The molecule has 1 aliphatic rings. The molecule has 0 radical (unpaired) electrons. The summed E-state index contributed by atoms with van der Waals surface area (Å²) in [7, 11) is 0. The lowest BCUT2D eigenvalue weighted by atomic mass is 9.77. The SMILES string of the molecule is Cc1nc(NCC2(O)CCCC(C(F)(F)F)C2)ccc1[N+](=O)[O-]. The summed E-state index contributed by atoms with van der Waals surface area (Å²) in [5, 5.41) is 23.9. The van der Waals surface area contributed by atoms with E-state index in [1.54, 1.807) is 0 Å². The fourth-order valence-electron chi connectivity index (χ4n) is 2.88. The molecule has 1 aromatic rings. The van der Waals surface area contributed by atoms with Crippen LogP contribution in [0.1, 0.15) is 31.4 Å². The summed E-state index contributed by atoms with van der Waals surface area (Å²) in [4.78, 5) is 14.1. The summed E-state index contributed by atoms with van der Waals surface area (Å²) in [6.45, 7) is 1.39. The van der Waals surface area contributed by atoms with Crippen molar-refractivity contribution >= 4 is 11.5 Å². The second kappa shape index (κ2) is 6.31. The Hall–Kier alpha value is -1.90. The van der Waals surface area contributed by atoms with Crippen molar-refractivity contribution in [3.63, 3.8) is 0 Å². The van der Waals surface area contributed by atoms with Crippen LogP contribution in [0.4, 0.5) is 24.7 Å². The number of nitrogens with one attached hydrogen (secondary N) is 1. The minimum atomic E-state index is -4.31. The highest BCUT2D eigenvalue weighted by Gasteiger charge is 2.46. The Morgan fingerprint density at radius 3 is 2.78 bits per heavy atom. The molecule has 0 aliphatic heterocycles. The van der Waals surface area contributed by atoms with Gasteiger partial charge in [0.25, 0.3) is 5.69 Å². The number of hydrogen-bond acceptors (Lipinski definition) is 5. The van der Waals surface area contributed by atoms with Crippen molar-refractivity contribution < 1.29 is 23.2 Å². The Kier molecular flexibility index (Phi) is 4.79. The fraction of sp³-hybridized carbons (Fsp3) is 0.643. The highest BCUT2D eigenvalue weighted by Crippen LogP contribution is 2.41. The molecule has 6 nitrogen and oxygen atoms in total. The van der Waals surface area contributed by atoms with Crippen LogP contribution in [0.5, 0.6) is 0 Å². The first-order chi connectivity index (χ1) is 10.6. The minimum absolute atomic E-state index is 0.0285. The maximum absolute atomic E-state index is 12.8. The molecule has 1 aliphatic carbocycles. The molecule has 1 saturated carbocycles. The first-order valence-electron chi connectivity index (χ1n) is 7.26. The molecule has 23 heavy (non-hydrogen) atoms. The number of aryl methyl sites for hydroxylation is 1. The van der Waals surface area contributed by atoms with Gasteiger partial charge in [-0.2, -0.15) is 13.2 Å². The van der Waals surface area contributed by atoms with Gasteiger partial charge >= 0.3 is 6.18 Å². The maximum Gasteiger partial charge on any atom is 0.391 e. The monoisotopic (exact) mass is 333 g/mol. The molecule has 0 aromatic carbocycles. The number of alkyl halides is 3. The van der Waals surface area contributed by atoms with Crippen molar-refractivity contribution in [2.24, 2.45) is 5.92 Å². The third-order valence-electron chi connectivity index (χ3n) is 4.14. The number of nitro groups is 1. The van der Waals surface area contributed by atoms with E-state index < -0.39 is 22.6 Å². The third kappa shape index (κ3) is 4.31. The van der Waals surface area contributed by atoms with Crippen molar-refractivity contribution in [1.29, 1.82) is 0 Å². The summed E-state index contributed by atoms with van der Waals surface area (Å²) in [6.07, 6.45) is -4.06. The lowest BCUT2D eigenvalue weighted by molar-refractivity contribution is -0.385. The molecular weight excluding hydrogens is 315 g/mol. The molecular formula is C14H18F3N3O3. The molecule has 2 N–H and O–H groups in total. The van der Waals surface area contributed by atoms with Crippen LogP contribution < -0.4 is 5.32 Å². The van der Waals surface area contributed by atoms with Crippen LogP contribution in [-0.4, -0.2) is 33.3 Å². The van der Waals surface area contributed by atoms with Crippen molar-refractivity contribution in [2.45, 2.75) is 44.4 Å². The molecule has 0 bridgehead atoms. The Labute approximate surface area is 130 Å². The van der Waals surface area contributed by atoms with Crippen molar-refractivity contribution in [2.75, 3.05) is 11.9 Å². The molecule has 1 aromatic heterocycles. The summed E-state index contributed by atoms with van der Waals surface area (Å²) in [5.41, 5.74) is -1.40. The lowest BCUT2D eigenvalue weighted by Crippen LogP contribution is -2.45. The van der Waals surface area contributed by atoms with Crippen LogP contribution in [0.2, 0.25) is 0 Å². The third-order valence-corrected chi connectivity index (χ3v) is 4.14. The van der Waals surface area contributed by atoms with E-state index >= 15 is 0 Å². The Balaban J connectivity index is 2.02. The van der Waals surface area contributed by atoms with E-state index in [4.69, 9.17) is 0 Å². The normalized spacial score (nSPS) is 25.2. The second-order valence-corrected chi connectivity index (χ2v) is 5.97. The Morgan fingerprint density at radius 1 is 1.52 bits per heavy atom. The van der Waals surface area contributed by atoms with Gasteiger partial charge in [-0.1, -0.05) is 0 Å². The highest BCUT2D eigenvalue weighted by molar-refractivity contribution is 5.45. The summed E-state index contributed by atoms with van der Waals surface area (Å²) in [5.74, 6) is -1.22. The predicted molar refractivity (Wildman–Crippen MR) is 77.1 cm³/mol. The summed E-state index contributed by atoms with van der Waals surface area (Å²) >= 11 is 0. The van der Waals surface area contributed by atoms with Crippen LogP contribution in [0, 0.1) is 23.0 Å². The van der Waals surface area contributed by atoms with Crippen LogP contribution in [0.25, 0.3) is 0 Å². The predicted octanol–water partition coefficient (Wildman–Crippen LogP) is 3.19. The standard InChI is InChI=1S/C14H18F3N3O3/c1-9-11(20(22)23)4-5-12(19-9)18-8-13(21)6-2-3-10(7-13)14(15,16)17/h4-5,10,21H,2-3,6-8H2,1H3,(H,18,19). The first kappa shape index (κ1) is 17.5. The van der Waals surface area contributed by atoms with Crippen molar-refractivity contribution in [1.82, 2.24) is 4.98 Å². The van der Waals surface area contributed by atoms with Gasteiger partial charge in [-0.3, -0.25) is 10.1 Å². The average Bonchev–Trinajstić information content (AvgIpc) is 2.44. The lowest BCUT2D eigenvalue weighted by Gasteiger charge is -2.37. The van der Waals surface area contributed by atoms with Crippen molar-refractivity contribution in [3.05, 3.63) is 27.9 Å². The van der Waals surface area contributed by atoms with E-state index in [0.717, 1.165) is 0 Å². The number of aliphatic hydroxyl groups is 1. The zero-order chi connectivity index (χ0) is 17.3. The molecule has 2 rings (SSSR count). The summed E-state index contributed by atoms with van der Waals surface area (Å²) < 4.78 is 38.4. The fourth-order valence-corrected chi connectivity index (χ4v) is 2.88. The van der Waals surface area contributed by atoms with Crippen LogP contribution in [-0.2, 0) is 0 Å². The van der Waals surface area contributed by atoms with Gasteiger partial charge in [-0.25, -0.2) is 4.98 Å². The Morgan fingerprint density at radius 2 is 2.22 bits per heavy atom. The first-order valence-corrected chi connectivity index (χ1v) is 7.26. The van der Waals surface area contributed by atoms with Crippen LogP contribution in [0.15, 0.2) is 12.1 Å². The van der Waals surface area contributed by atoms with Crippen LogP contribution >= 0.6 is 0 Å². The molecule has 2 unspecified atom stereocenters. The molecule has 9 heteroatoms. The number of pyridine rings is 1. The molecule has 0 saturated heterocycles. The summed E-state index contributed by atoms with van der Waals surface area (Å²) in [6, 6.07) is 2.65. The molecule has 1 fully saturated rings. The van der Waals surface area contributed by atoms with E-state index in [9.17, 15) is 28.4 Å². The average molecular weight is 333 g/mol. The van der Waals surface area contributed by atoms with Gasteiger partial charge in [-0.05, 0) is 38.7 Å². The number of rotatable bonds is 4. The number of halogens is 3. The molecule has 2 atom stereocenters. The number of anilines is 1. The van der Waals surface area contributed by atoms with E-state index in [-0.39, 0.29) is 43.0 Å². The van der Waals surface area contributed by atoms with E-state index in [0.29, 0.717) is 6.42 Å². The molecule has 128 valence electrons. The number of aromatic nitrogens is 1. The maximum atomic E-state index is 12.8. The minimum Gasteiger partial charge on any atom is -0.388 e. The zero-order valence-electron chi connectivity index (χ0n) is 12.6. The van der Waals surface area contributed by atoms with Crippen LogP contribution in [0.3, 0.4) is 0 Å². The second-order valence-electron chi connectivity index (χ2n) is 5.97. The van der Waals surface area contributed by atoms with Gasteiger partial charge in [0.15, 0.2) is 0 Å². The quantitative estimate of drug-likeness (QED) is 0.652. The topological polar surface area (TPSA) is 88.3 Å². The van der Waals surface area contributed by atoms with Gasteiger partial charge in [0.1, 0.15) is 11.5 Å². The molecule has 0 spiro atoms. The Bertz CT molecular complexity index is 594. The highest BCUT2D eigenvalue weighted by atomic mass is 19.4. The van der Waals surface area contributed by atoms with Gasteiger partial charge in [0.2, 0.25) is 0 Å². The van der Waals surface area contributed by atoms with Gasteiger partial charge < -0.3 is 10.4 Å². The van der Waals surface area contributed by atoms with Gasteiger partial charge in [-0.15, -0.1) is 0 Å². The van der Waals surface area contributed by atoms with Gasteiger partial charge in [0, 0.05) is 12.6 Å². The molecule has 1 heterocycles. The largest absolute Gasteiger partial charge is 0.391 e. The van der Waals surface area contributed by atoms with Crippen molar-refractivity contribution in [3.8, 4) is 0 Å². The molecule has 0 amide bonds. The van der Waals surface area contributed by atoms with E-state index in [2.05, 4.69) is 10.3 Å².